The van der Waals surface area contributed by atoms with Crippen LogP contribution in [0.2, 0.25) is 0 Å². The van der Waals surface area contributed by atoms with Crippen LogP contribution in [0.1, 0.15) is 27.7 Å². The number of sulfonamides is 1. The Morgan fingerprint density at radius 1 is 1.33 bits per heavy atom. The molecule has 0 bridgehead atoms. The van der Waals surface area contributed by atoms with E-state index in [4.69, 9.17) is 5.73 Å². The smallest absolute Gasteiger partial charge is 0.246 e. The molecule has 1 unspecified atom stereocenters. The third kappa shape index (κ3) is 4.68. The molecule has 1 aromatic carbocycles. The van der Waals surface area contributed by atoms with Crippen LogP contribution in [0.25, 0.3) is 0 Å². The molecular formula is C13H20FN3O3S. The average Bonchev–Trinajstić information content (AvgIpc) is 2.24. The minimum Gasteiger partial charge on any atom is -0.398 e. The van der Waals surface area contributed by atoms with E-state index in [-0.39, 0.29) is 5.69 Å². The molecule has 0 aliphatic carbocycles. The topological polar surface area (TPSA) is 101 Å². The third-order valence-corrected chi connectivity index (χ3v) is 4.12. The average molecular weight is 317 g/mol. The van der Waals surface area contributed by atoms with E-state index < -0.39 is 38.2 Å². The number of halogens is 1. The van der Waals surface area contributed by atoms with Crippen LogP contribution < -0.4 is 15.8 Å². The normalized spacial score (nSPS) is 13.8. The second kappa shape index (κ2) is 5.98. The van der Waals surface area contributed by atoms with Gasteiger partial charge in [-0.2, -0.15) is 4.72 Å². The molecule has 1 rings (SSSR count). The number of benzene rings is 1. The molecule has 1 amide bonds. The van der Waals surface area contributed by atoms with Crippen molar-refractivity contribution in [3.8, 4) is 0 Å². The van der Waals surface area contributed by atoms with E-state index in [1.807, 2.05) is 0 Å². The van der Waals surface area contributed by atoms with Gasteiger partial charge >= 0.3 is 0 Å². The molecule has 0 saturated carbocycles. The Labute approximate surface area is 124 Å². The fourth-order valence-corrected chi connectivity index (χ4v) is 3.03. The van der Waals surface area contributed by atoms with Crippen LogP contribution >= 0.6 is 0 Å². The van der Waals surface area contributed by atoms with Gasteiger partial charge in [-0.15, -0.1) is 0 Å². The van der Waals surface area contributed by atoms with Gasteiger partial charge < -0.3 is 11.1 Å². The summed E-state index contributed by atoms with van der Waals surface area (Å²) in [7, 11) is -4.23. The molecule has 1 aromatic rings. The number of nitrogen functional groups attached to an aromatic ring is 1. The Kier molecular flexibility index (Phi) is 4.95. The highest BCUT2D eigenvalue weighted by molar-refractivity contribution is 7.89. The van der Waals surface area contributed by atoms with E-state index in [9.17, 15) is 17.6 Å². The number of anilines is 1. The minimum absolute atomic E-state index is 0.217. The first kappa shape index (κ1) is 17.4. The van der Waals surface area contributed by atoms with E-state index in [0.29, 0.717) is 0 Å². The first-order valence-corrected chi connectivity index (χ1v) is 7.81. The van der Waals surface area contributed by atoms with Gasteiger partial charge in [0.15, 0.2) is 0 Å². The fraction of sp³-hybridized carbons (Fsp3) is 0.462. The number of hydrogen-bond donors (Lipinski definition) is 3. The van der Waals surface area contributed by atoms with Crippen LogP contribution in [0.4, 0.5) is 10.1 Å². The highest BCUT2D eigenvalue weighted by Crippen LogP contribution is 2.21. The summed E-state index contributed by atoms with van der Waals surface area (Å²) in [5.74, 6) is -1.48. The molecule has 0 aliphatic rings. The fourth-order valence-electron chi connectivity index (χ4n) is 1.63. The number of rotatable bonds is 4. The van der Waals surface area contributed by atoms with Crippen molar-refractivity contribution in [1.82, 2.24) is 10.0 Å². The first-order chi connectivity index (χ1) is 9.44. The predicted molar refractivity (Wildman–Crippen MR) is 78.5 cm³/mol. The van der Waals surface area contributed by atoms with Crippen LogP contribution in [0.3, 0.4) is 0 Å². The van der Waals surface area contributed by atoms with Gasteiger partial charge in [-0.3, -0.25) is 4.79 Å². The highest BCUT2D eigenvalue weighted by Gasteiger charge is 2.28. The van der Waals surface area contributed by atoms with Gasteiger partial charge in [0.1, 0.15) is 10.7 Å². The van der Waals surface area contributed by atoms with E-state index >= 15 is 0 Å². The van der Waals surface area contributed by atoms with E-state index in [0.717, 1.165) is 6.07 Å². The van der Waals surface area contributed by atoms with Crippen LogP contribution in [-0.2, 0) is 14.8 Å². The van der Waals surface area contributed by atoms with Crippen molar-refractivity contribution in [2.75, 3.05) is 5.73 Å². The van der Waals surface area contributed by atoms with Crippen molar-refractivity contribution in [1.29, 1.82) is 0 Å². The summed E-state index contributed by atoms with van der Waals surface area (Å²) >= 11 is 0. The number of nitrogens with two attached hydrogens (primary N) is 1. The lowest BCUT2D eigenvalue weighted by Crippen LogP contribution is -2.50. The van der Waals surface area contributed by atoms with Crippen molar-refractivity contribution < 1.29 is 17.6 Å². The van der Waals surface area contributed by atoms with Crippen molar-refractivity contribution >= 4 is 21.6 Å². The molecule has 118 valence electrons. The van der Waals surface area contributed by atoms with Gasteiger partial charge in [-0.05, 0) is 39.8 Å². The third-order valence-electron chi connectivity index (χ3n) is 2.49. The molecule has 8 heteroatoms. The Balaban J connectivity index is 2.98. The molecule has 1 atom stereocenters. The minimum atomic E-state index is -4.23. The van der Waals surface area contributed by atoms with Crippen LogP contribution in [0.5, 0.6) is 0 Å². The van der Waals surface area contributed by atoms with E-state index in [2.05, 4.69) is 10.0 Å². The maximum absolute atomic E-state index is 13.7. The first-order valence-electron chi connectivity index (χ1n) is 6.32. The monoisotopic (exact) mass is 317 g/mol. The number of amides is 1. The van der Waals surface area contributed by atoms with Gasteiger partial charge in [-0.25, -0.2) is 12.8 Å². The second-order valence-corrected chi connectivity index (χ2v) is 7.39. The number of hydrogen-bond acceptors (Lipinski definition) is 4. The van der Waals surface area contributed by atoms with Crippen LogP contribution in [0, 0.1) is 5.82 Å². The molecule has 0 heterocycles. The molecule has 4 N–H and O–H groups in total. The molecule has 0 aliphatic heterocycles. The quantitative estimate of drug-likeness (QED) is 0.721. The van der Waals surface area contributed by atoms with Crippen molar-refractivity contribution in [2.45, 2.75) is 44.2 Å². The standard InChI is InChI=1S/C13H20FN3O3S/c1-8(12(18)16-13(2,3)4)17-21(19,20)11-9(14)6-5-7-10(11)15/h5-8,17H,15H2,1-4H3,(H,16,18). The van der Waals surface area contributed by atoms with Crippen molar-refractivity contribution in [2.24, 2.45) is 0 Å². The lowest BCUT2D eigenvalue weighted by molar-refractivity contribution is -0.123. The van der Waals surface area contributed by atoms with Gasteiger partial charge in [0, 0.05) is 5.54 Å². The molecule has 0 spiro atoms. The number of carbonyl (C=O) groups is 1. The van der Waals surface area contributed by atoms with Gasteiger partial charge in [0.2, 0.25) is 15.9 Å². The Hall–Kier alpha value is -1.67. The molecular weight excluding hydrogens is 297 g/mol. The zero-order valence-corrected chi connectivity index (χ0v) is 13.2. The maximum Gasteiger partial charge on any atom is 0.246 e. The molecule has 0 radical (unpaired) electrons. The van der Waals surface area contributed by atoms with Gasteiger partial charge in [0.25, 0.3) is 0 Å². The lowest BCUT2D eigenvalue weighted by atomic mass is 10.1. The summed E-state index contributed by atoms with van der Waals surface area (Å²) in [5, 5.41) is 2.63. The van der Waals surface area contributed by atoms with Gasteiger partial charge in [-0.1, -0.05) is 6.07 Å². The molecule has 21 heavy (non-hydrogen) atoms. The Morgan fingerprint density at radius 3 is 2.38 bits per heavy atom. The summed E-state index contributed by atoms with van der Waals surface area (Å²) in [5.41, 5.74) is 4.78. The zero-order chi connectivity index (χ0) is 16.4. The van der Waals surface area contributed by atoms with Crippen molar-refractivity contribution in [3.05, 3.63) is 24.0 Å². The molecule has 0 aromatic heterocycles. The van der Waals surface area contributed by atoms with Crippen molar-refractivity contribution in [3.63, 3.8) is 0 Å². The number of carbonyl (C=O) groups excluding carboxylic acids is 1. The lowest BCUT2D eigenvalue weighted by Gasteiger charge is -2.23. The highest BCUT2D eigenvalue weighted by atomic mass is 32.2. The van der Waals surface area contributed by atoms with E-state index in [1.54, 1.807) is 20.8 Å². The Morgan fingerprint density at radius 2 is 1.90 bits per heavy atom. The summed E-state index contributed by atoms with van der Waals surface area (Å²) in [6.45, 7) is 6.67. The summed E-state index contributed by atoms with van der Waals surface area (Å²) in [4.78, 5) is 11.2. The summed E-state index contributed by atoms with van der Waals surface area (Å²) in [6.07, 6.45) is 0. The van der Waals surface area contributed by atoms with Crippen LogP contribution in [0.15, 0.2) is 23.1 Å². The molecule has 0 saturated heterocycles. The maximum atomic E-state index is 13.7. The summed E-state index contributed by atoms with van der Waals surface area (Å²) in [6, 6.07) is 2.51. The predicted octanol–water partition coefficient (Wildman–Crippen LogP) is 0.989. The number of nitrogens with one attached hydrogen (secondary N) is 2. The molecule has 0 fully saturated rings. The van der Waals surface area contributed by atoms with E-state index in [1.165, 1.54) is 19.1 Å². The van der Waals surface area contributed by atoms with Gasteiger partial charge in [0.05, 0.1) is 11.7 Å². The van der Waals surface area contributed by atoms with Crippen LogP contribution in [-0.4, -0.2) is 25.9 Å². The largest absolute Gasteiger partial charge is 0.398 e. The Bertz CT molecular complexity index is 618. The SMILES string of the molecule is CC(NS(=O)(=O)c1c(N)cccc1F)C(=O)NC(C)(C)C. The zero-order valence-electron chi connectivity index (χ0n) is 12.4. The second-order valence-electron chi connectivity index (χ2n) is 5.74. The molecule has 6 nitrogen and oxygen atoms in total. The summed E-state index contributed by atoms with van der Waals surface area (Å²) < 4.78 is 40.1.